The molecule has 1 aromatic heterocycles. The third kappa shape index (κ3) is 2.39. The maximum Gasteiger partial charge on any atom is 0.118 e. The summed E-state index contributed by atoms with van der Waals surface area (Å²) < 4.78 is 6.82. The molecule has 0 amide bonds. The Labute approximate surface area is 177 Å². The highest BCUT2D eigenvalue weighted by Gasteiger charge is 2.44. The van der Waals surface area contributed by atoms with Crippen LogP contribution in [0.2, 0.25) is 0 Å². The molecule has 0 saturated carbocycles. The van der Waals surface area contributed by atoms with Gasteiger partial charge in [0, 0.05) is 15.0 Å². The molecule has 1 heterocycles. The first-order valence-electron chi connectivity index (χ1n) is 10.2. The standard InChI is InChI=1S/C27H26OS/c1-15-7-12-21-23(13-15)29-26-24-18(4)17(3)16(2)14-22(24)27(5,25(21)26)19-8-10-20(28-6)11-9-19/h7-14H,1-6H3. The zero-order chi connectivity index (χ0) is 20.5. The molecule has 1 atom stereocenters. The van der Waals surface area contributed by atoms with Crippen LogP contribution in [0.25, 0.3) is 20.5 Å². The van der Waals surface area contributed by atoms with Gasteiger partial charge in [-0.1, -0.05) is 30.3 Å². The molecular formula is C27H26OS. The molecule has 29 heavy (non-hydrogen) atoms. The first-order chi connectivity index (χ1) is 13.9. The van der Waals surface area contributed by atoms with E-state index in [-0.39, 0.29) is 5.41 Å². The van der Waals surface area contributed by atoms with E-state index >= 15 is 0 Å². The molecule has 0 radical (unpaired) electrons. The maximum absolute atomic E-state index is 5.43. The highest BCUT2D eigenvalue weighted by atomic mass is 32.1. The molecule has 1 aliphatic rings. The quantitative estimate of drug-likeness (QED) is 0.340. The van der Waals surface area contributed by atoms with Crippen molar-refractivity contribution in [3.8, 4) is 16.2 Å². The topological polar surface area (TPSA) is 9.23 Å². The van der Waals surface area contributed by atoms with Crippen LogP contribution in [-0.4, -0.2) is 7.11 Å². The van der Waals surface area contributed by atoms with Crippen molar-refractivity contribution in [2.75, 3.05) is 7.11 Å². The largest absolute Gasteiger partial charge is 0.497 e. The van der Waals surface area contributed by atoms with Crippen LogP contribution in [0.15, 0.2) is 48.5 Å². The second-order valence-electron chi connectivity index (χ2n) is 8.53. The van der Waals surface area contributed by atoms with Crippen molar-refractivity contribution in [2.45, 2.75) is 40.0 Å². The molecule has 0 spiro atoms. The summed E-state index contributed by atoms with van der Waals surface area (Å²) in [6.07, 6.45) is 0. The number of rotatable bonds is 2. The van der Waals surface area contributed by atoms with E-state index in [9.17, 15) is 0 Å². The number of fused-ring (bicyclic) bond motifs is 5. The molecule has 0 aliphatic heterocycles. The SMILES string of the molecule is COc1ccc(C2(C)c3cc(C)c(C)c(C)c3-c3sc4cc(C)ccc4c32)cc1. The second kappa shape index (κ2) is 6.21. The zero-order valence-electron chi connectivity index (χ0n) is 17.9. The Bertz CT molecular complexity index is 1280. The van der Waals surface area contributed by atoms with Crippen molar-refractivity contribution in [3.63, 3.8) is 0 Å². The number of thiophene rings is 1. The fraction of sp³-hybridized carbons (Fsp3) is 0.259. The minimum absolute atomic E-state index is 0.173. The number of hydrogen-bond donors (Lipinski definition) is 0. The summed E-state index contributed by atoms with van der Waals surface area (Å²) in [7, 11) is 1.73. The minimum atomic E-state index is -0.173. The minimum Gasteiger partial charge on any atom is -0.497 e. The van der Waals surface area contributed by atoms with Crippen molar-refractivity contribution < 1.29 is 4.74 Å². The fourth-order valence-corrected chi connectivity index (χ4v) is 6.53. The lowest BCUT2D eigenvalue weighted by Gasteiger charge is -2.29. The number of hydrogen-bond acceptors (Lipinski definition) is 2. The Kier molecular flexibility index (Phi) is 3.95. The molecule has 0 fully saturated rings. The molecule has 1 aliphatic carbocycles. The Morgan fingerprint density at radius 2 is 1.59 bits per heavy atom. The molecule has 5 rings (SSSR count). The van der Waals surface area contributed by atoms with Crippen LogP contribution in [0.5, 0.6) is 5.75 Å². The van der Waals surface area contributed by atoms with E-state index in [1.54, 1.807) is 7.11 Å². The lowest BCUT2D eigenvalue weighted by molar-refractivity contribution is 0.414. The molecule has 146 valence electrons. The summed E-state index contributed by atoms with van der Waals surface area (Å²) in [4.78, 5) is 1.44. The van der Waals surface area contributed by atoms with Crippen molar-refractivity contribution >= 4 is 21.4 Å². The molecule has 0 saturated heterocycles. The van der Waals surface area contributed by atoms with Crippen LogP contribution in [0.1, 0.15) is 45.9 Å². The normalized spacial score (nSPS) is 17.4. The average molecular weight is 399 g/mol. The van der Waals surface area contributed by atoms with Gasteiger partial charge in [-0.05, 0) is 103 Å². The van der Waals surface area contributed by atoms with Gasteiger partial charge in [0.25, 0.3) is 0 Å². The van der Waals surface area contributed by atoms with Crippen LogP contribution >= 0.6 is 11.3 Å². The van der Waals surface area contributed by atoms with Gasteiger partial charge in [0.15, 0.2) is 0 Å². The zero-order valence-corrected chi connectivity index (χ0v) is 18.8. The molecule has 0 bridgehead atoms. The number of aryl methyl sites for hydroxylation is 2. The van der Waals surface area contributed by atoms with E-state index in [0.717, 1.165) is 5.75 Å². The van der Waals surface area contributed by atoms with Crippen molar-refractivity contribution in [1.29, 1.82) is 0 Å². The molecule has 1 nitrogen and oxygen atoms in total. The Balaban J connectivity index is 1.92. The van der Waals surface area contributed by atoms with E-state index in [4.69, 9.17) is 4.74 Å². The van der Waals surface area contributed by atoms with Gasteiger partial charge in [-0.3, -0.25) is 0 Å². The summed E-state index contributed by atoms with van der Waals surface area (Å²) in [5.74, 6) is 0.901. The van der Waals surface area contributed by atoms with Crippen molar-refractivity contribution in [2.24, 2.45) is 0 Å². The van der Waals surface area contributed by atoms with Crippen LogP contribution in [0, 0.1) is 27.7 Å². The molecule has 1 unspecified atom stereocenters. The lowest BCUT2D eigenvalue weighted by atomic mass is 9.73. The lowest BCUT2D eigenvalue weighted by Crippen LogP contribution is -2.22. The summed E-state index contributed by atoms with van der Waals surface area (Å²) >= 11 is 1.95. The van der Waals surface area contributed by atoms with E-state index in [0.29, 0.717) is 0 Å². The number of ether oxygens (including phenoxy) is 1. The average Bonchev–Trinajstić information content (AvgIpc) is 3.20. The van der Waals surface area contributed by atoms with Gasteiger partial charge in [0.2, 0.25) is 0 Å². The molecule has 0 N–H and O–H groups in total. The third-order valence-corrected chi connectivity index (χ3v) is 8.11. The first-order valence-corrected chi connectivity index (χ1v) is 11.0. The van der Waals surface area contributed by atoms with Crippen LogP contribution in [0.4, 0.5) is 0 Å². The van der Waals surface area contributed by atoms with E-state index in [1.807, 2.05) is 11.3 Å². The number of methoxy groups -OCH3 is 1. The van der Waals surface area contributed by atoms with Gasteiger partial charge in [-0.2, -0.15) is 0 Å². The van der Waals surface area contributed by atoms with Gasteiger partial charge < -0.3 is 4.74 Å². The van der Waals surface area contributed by atoms with Crippen molar-refractivity contribution in [1.82, 2.24) is 0 Å². The summed E-state index contributed by atoms with van der Waals surface area (Å²) in [5, 5.41) is 1.39. The highest BCUT2D eigenvalue weighted by molar-refractivity contribution is 7.22. The summed E-state index contributed by atoms with van der Waals surface area (Å²) in [5.41, 5.74) is 11.0. The molecule has 3 aromatic carbocycles. The predicted octanol–water partition coefficient (Wildman–Crippen LogP) is 7.48. The highest BCUT2D eigenvalue weighted by Crippen LogP contribution is 2.59. The van der Waals surface area contributed by atoms with Gasteiger partial charge in [-0.15, -0.1) is 11.3 Å². The third-order valence-electron chi connectivity index (χ3n) is 6.94. The Morgan fingerprint density at radius 3 is 2.28 bits per heavy atom. The second-order valence-corrected chi connectivity index (χ2v) is 9.58. The van der Waals surface area contributed by atoms with E-state index < -0.39 is 0 Å². The van der Waals surface area contributed by atoms with Crippen LogP contribution in [-0.2, 0) is 5.41 Å². The predicted molar refractivity (Wildman–Crippen MR) is 125 cm³/mol. The van der Waals surface area contributed by atoms with Crippen LogP contribution < -0.4 is 4.74 Å². The van der Waals surface area contributed by atoms with Gasteiger partial charge in [0.05, 0.1) is 7.11 Å². The smallest absolute Gasteiger partial charge is 0.118 e. The van der Waals surface area contributed by atoms with Gasteiger partial charge >= 0.3 is 0 Å². The van der Waals surface area contributed by atoms with Crippen LogP contribution in [0.3, 0.4) is 0 Å². The number of benzene rings is 3. The Hall–Kier alpha value is -2.58. The van der Waals surface area contributed by atoms with Gasteiger partial charge in [-0.25, -0.2) is 0 Å². The maximum atomic E-state index is 5.43. The molecule has 2 heteroatoms. The fourth-order valence-electron chi connectivity index (χ4n) is 5.00. The molecule has 4 aromatic rings. The Morgan fingerprint density at radius 1 is 0.862 bits per heavy atom. The first kappa shape index (κ1) is 18.4. The summed E-state index contributed by atoms with van der Waals surface area (Å²) in [6.45, 7) is 11.4. The molecular weight excluding hydrogens is 372 g/mol. The van der Waals surface area contributed by atoms with E-state index in [2.05, 4.69) is 83.1 Å². The monoisotopic (exact) mass is 398 g/mol. The van der Waals surface area contributed by atoms with E-state index in [1.165, 1.54) is 59.5 Å². The summed E-state index contributed by atoms with van der Waals surface area (Å²) in [6, 6.07) is 18.0. The van der Waals surface area contributed by atoms with Crippen molar-refractivity contribution in [3.05, 3.63) is 87.5 Å². The van der Waals surface area contributed by atoms with Gasteiger partial charge in [0.1, 0.15) is 5.75 Å².